The largest absolute Gasteiger partial charge is 0.480 e. The summed E-state index contributed by atoms with van der Waals surface area (Å²) in [6.45, 7) is 2.86. The van der Waals surface area contributed by atoms with Gasteiger partial charge in [0.05, 0.1) is 37.6 Å². The summed E-state index contributed by atoms with van der Waals surface area (Å²) in [5.41, 5.74) is 0.167. The minimum Gasteiger partial charge on any atom is -0.480 e. The molecule has 0 aliphatic carbocycles. The molecule has 1 aromatic carbocycles. The lowest BCUT2D eigenvalue weighted by Crippen LogP contribution is -2.27. The van der Waals surface area contributed by atoms with Crippen molar-refractivity contribution >= 4 is 29.5 Å². The number of aliphatic hydroxyl groups excluding tert-OH is 2. The van der Waals surface area contributed by atoms with Gasteiger partial charge in [0.25, 0.3) is 0 Å². The fourth-order valence-electron chi connectivity index (χ4n) is 1.62. The van der Waals surface area contributed by atoms with Gasteiger partial charge in [-0.15, -0.1) is 0 Å². The van der Waals surface area contributed by atoms with Crippen LogP contribution in [0.25, 0.3) is 0 Å². The van der Waals surface area contributed by atoms with Gasteiger partial charge in [0.15, 0.2) is 17.5 Å². The molecular formula is C18H24O11. The minimum atomic E-state index is -1.47. The van der Waals surface area contributed by atoms with Crippen LogP contribution in [0.4, 0.5) is 0 Å². The van der Waals surface area contributed by atoms with Gasteiger partial charge in [-0.05, 0) is 38.1 Å². The van der Waals surface area contributed by atoms with E-state index in [-0.39, 0.29) is 24.3 Å². The Morgan fingerprint density at radius 2 is 1.07 bits per heavy atom. The van der Waals surface area contributed by atoms with Crippen molar-refractivity contribution in [3.8, 4) is 0 Å². The van der Waals surface area contributed by atoms with Crippen molar-refractivity contribution in [3.63, 3.8) is 0 Å². The molecule has 1 aromatic rings. The molecule has 0 atom stereocenters. The minimum absolute atomic E-state index is 0.0278. The van der Waals surface area contributed by atoms with E-state index in [9.17, 15) is 24.0 Å². The normalized spacial score (nSPS) is 9.41. The average molecular weight is 416 g/mol. The van der Waals surface area contributed by atoms with Crippen molar-refractivity contribution in [1.82, 2.24) is 0 Å². The zero-order valence-corrected chi connectivity index (χ0v) is 15.9. The maximum Gasteiger partial charge on any atom is 0.335 e. The number of carbonyl (C=O) groups is 5. The molecule has 0 aromatic heterocycles. The van der Waals surface area contributed by atoms with Gasteiger partial charge in [-0.1, -0.05) is 0 Å². The number of hydrogen-bond acceptors (Lipinski definition) is 8. The van der Waals surface area contributed by atoms with Gasteiger partial charge in [-0.2, -0.15) is 0 Å². The van der Waals surface area contributed by atoms with E-state index in [1.54, 1.807) is 0 Å². The second-order valence-corrected chi connectivity index (χ2v) is 5.24. The van der Waals surface area contributed by atoms with Crippen LogP contribution in [0.3, 0.4) is 0 Å². The van der Waals surface area contributed by atoms with E-state index in [4.69, 9.17) is 25.5 Å². The molecule has 162 valence electrons. The van der Waals surface area contributed by atoms with E-state index in [0.29, 0.717) is 13.2 Å². The molecule has 11 nitrogen and oxygen atoms in total. The molecular weight excluding hydrogens is 392 g/mol. The number of ketones is 2. The molecule has 0 aliphatic rings. The fourth-order valence-corrected chi connectivity index (χ4v) is 1.62. The van der Waals surface area contributed by atoms with E-state index in [1.807, 2.05) is 0 Å². The number of aromatic carboxylic acids is 2. The van der Waals surface area contributed by atoms with Gasteiger partial charge >= 0.3 is 17.9 Å². The van der Waals surface area contributed by atoms with Crippen LogP contribution in [0.15, 0.2) is 24.3 Å². The summed E-state index contributed by atoms with van der Waals surface area (Å²) in [5, 5.41) is 41.4. The first-order valence-corrected chi connectivity index (χ1v) is 8.09. The Kier molecular flexibility index (Phi) is 15.4. The monoisotopic (exact) mass is 416 g/mol. The van der Waals surface area contributed by atoms with Crippen LogP contribution in [-0.2, 0) is 19.1 Å². The highest BCUT2D eigenvalue weighted by molar-refractivity contribution is 6.15. The number of aliphatic hydroxyl groups is 2. The molecule has 0 spiro atoms. The number of carboxylic acids is 3. The number of Topliss-reactive ketones (excluding diaryl/α,β-unsaturated/α-hetero) is 2. The second-order valence-electron chi connectivity index (χ2n) is 5.24. The van der Waals surface area contributed by atoms with Crippen LogP contribution in [0, 0.1) is 5.92 Å². The number of hydrogen-bond donors (Lipinski definition) is 5. The predicted molar refractivity (Wildman–Crippen MR) is 97.8 cm³/mol. The van der Waals surface area contributed by atoms with Crippen LogP contribution >= 0.6 is 0 Å². The van der Waals surface area contributed by atoms with Gasteiger partial charge < -0.3 is 30.3 Å². The first-order valence-electron chi connectivity index (χ1n) is 8.09. The van der Waals surface area contributed by atoms with Gasteiger partial charge in [0.2, 0.25) is 0 Å². The molecule has 0 fully saturated rings. The summed E-state index contributed by atoms with van der Waals surface area (Å²) < 4.78 is 4.63. The highest BCUT2D eigenvalue weighted by atomic mass is 16.5. The fraction of sp³-hybridized carbons (Fsp3) is 0.389. The summed E-state index contributed by atoms with van der Waals surface area (Å²) in [6, 6.07) is 5.02. The number of ether oxygens (including phenoxy) is 1. The molecule has 0 bridgehead atoms. The summed E-state index contributed by atoms with van der Waals surface area (Å²) in [5.74, 6) is -6.22. The Balaban J connectivity index is 0. The molecule has 0 saturated carbocycles. The first kappa shape index (κ1) is 28.1. The Hall–Kier alpha value is -3.15. The van der Waals surface area contributed by atoms with E-state index in [0.717, 1.165) is 13.8 Å². The van der Waals surface area contributed by atoms with Crippen molar-refractivity contribution in [2.75, 3.05) is 26.4 Å². The molecule has 0 heterocycles. The average Bonchev–Trinajstić information content (AvgIpc) is 2.62. The SMILES string of the molecule is CC(=O)C(C(C)=O)C(=O)O.O=C(O)c1ccc(C(=O)O)cc1.OCCOCCO. The quantitative estimate of drug-likeness (QED) is 0.267. The summed E-state index contributed by atoms with van der Waals surface area (Å²) in [4.78, 5) is 51.7. The molecule has 0 saturated heterocycles. The van der Waals surface area contributed by atoms with E-state index in [2.05, 4.69) is 4.74 Å². The van der Waals surface area contributed by atoms with E-state index < -0.39 is 35.4 Å². The molecule has 11 heteroatoms. The highest BCUT2D eigenvalue weighted by Crippen LogP contribution is 2.03. The van der Waals surface area contributed by atoms with Crippen molar-refractivity contribution < 1.29 is 54.2 Å². The molecule has 1 rings (SSSR count). The summed E-state index contributed by atoms with van der Waals surface area (Å²) >= 11 is 0. The second kappa shape index (κ2) is 15.9. The molecule has 0 amide bonds. The maximum atomic E-state index is 10.4. The molecule has 29 heavy (non-hydrogen) atoms. The van der Waals surface area contributed by atoms with Gasteiger partial charge in [-0.25, -0.2) is 9.59 Å². The third kappa shape index (κ3) is 13.6. The Morgan fingerprint density at radius 1 is 0.759 bits per heavy atom. The Morgan fingerprint density at radius 3 is 1.21 bits per heavy atom. The van der Waals surface area contributed by atoms with Gasteiger partial charge in [-0.3, -0.25) is 14.4 Å². The molecule has 0 aliphatic heterocycles. The Bertz CT molecular complexity index is 609. The van der Waals surface area contributed by atoms with E-state index >= 15 is 0 Å². The number of carbonyl (C=O) groups excluding carboxylic acids is 2. The lowest BCUT2D eigenvalue weighted by Gasteiger charge is -2.01. The topological polar surface area (TPSA) is 196 Å². The van der Waals surface area contributed by atoms with Crippen LogP contribution < -0.4 is 0 Å². The third-order valence-corrected chi connectivity index (χ3v) is 2.91. The summed E-state index contributed by atoms with van der Waals surface area (Å²) in [6.07, 6.45) is 0. The summed E-state index contributed by atoms with van der Waals surface area (Å²) in [7, 11) is 0. The zero-order chi connectivity index (χ0) is 23.0. The van der Waals surface area contributed by atoms with Crippen molar-refractivity contribution in [2.24, 2.45) is 5.92 Å². The van der Waals surface area contributed by atoms with Crippen LogP contribution in [0.5, 0.6) is 0 Å². The Labute approximate surface area is 166 Å². The standard InChI is InChI=1S/C8H6O4.C6H8O4.C4H10O3/c9-7(10)5-1-2-6(4-3-5)8(11)12;1-3(7)5(4(2)8)6(9)10;5-1-3-7-4-2-6/h1-4H,(H,9,10)(H,11,12);5H,1-2H3,(H,9,10);5-6H,1-4H2. The van der Waals surface area contributed by atoms with Crippen molar-refractivity contribution in [1.29, 1.82) is 0 Å². The van der Waals surface area contributed by atoms with E-state index in [1.165, 1.54) is 24.3 Å². The van der Waals surface area contributed by atoms with Gasteiger partial charge in [0.1, 0.15) is 0 Å². The van der Waals surface area contributed by atoms with Crippen LogP contribution in [0.2, 0.25) is 0 Å². The number of rotatable bonds is 9. The predicted octanol–water partition coefficient (Wildman–Crippen LogP) is -0.0642. The van der Waals surface area contributed by atoms with Crippen molar-refractivity contribution in [3.05, 3.63) is 35.4 Å². The molecule has 5 N–H and O–H groups in total. The molecule has 0 radical (unpaired) electrons. The van der Waals surface area contributed by atoms with Crippen LogP contribution in [-0.4, -0.2) is 81.4 Å². The zero-order valence-electron chi connectivity index (χ0n) is 15.9. The number of benzene rings is 1. The van der Waals surface area contributed by atoms with Crippen LogP contribution in [0.1, 0.15) is 34.6 Å². The maximum absolute atomic E-state index is 10.4. The number of carboxylic acid groups (broad SMARTS) is 3. The van der Waals surface area contributed by atoms with Gasteiger partial charge in [0, 0.05) is 0 Å². The third-order valence-electron chi connectivity index (χ3n) is 2.91. The van der Waals surface area contributed by atoms with Crippen molar-refractivity contribution in [2.45, 2.75) is 13.8 Å². The molecule has 0 unspecified atom stereocenters. The lowest BCUT2D eigenvalue weighted by molar-refractivity contribution is -0.149. The smallest absolute Gasteiger partial charge is 0.335 e. The number of aliphatic carboxylic acids is 1. The highest BCUT2D eigenvalue weighted by Gasteiger charge is 2.26. The lowest BCUT2D eigenvalue weighted by atomic mass is 10.0. The first-order chi connectivity index (χ1) is 13.5.